The summed E-state index contributed by atoms with van der Waals surface area (Å²) in [7, 11) is 0. The molecule has 1 atom stereocenters. The van der Waals surface area contributed by atoms with Gasteiger partial charge in [0.1, 0.15) is 18.2 Å². The number of ether oxygens (including phenoxy) is 2. The van der Waals surface area contributed by atoms with Gasteiger partial charge in [0, 0.05) is 17.8 Å². The number of nitrogens with one attached hydrogen (secondary N) is 1. The Bertz CT molecular complexity index is 1110. The number of hydrogen-bond acceptors (Lipinski definition) is 5. The third-order valence-electron chi connectivity index (χ3n) is 5.74. The summed E-state index contributed by atoms with van der Waals surface area (Å²) in [4.78, 5) is 29.8. The number of hydrogen-bond donors (Lipinski definition) is 1. The van der Waals surface area contributed by atoms with E-state index in [0.717, 1.165) is 27.9 Å². The Kier molecular flexibility index (Phi) is 6.96. The molecule has 0 saturated carbocycles. The second kappa shape index (κ2) is 10.1. The highest BCUT2D eigenvalue weighted by Crippen LogP contribution is 2.44. The standard InChI is InChI=1S/C28H30N2O4/c1-28(2,3)34-26(31)25(16-15-19-10-8-9-17-29-19)30-27(32)33-18-24-22-13-6-4-11-20(22)21-12-5-7-14-23(21)24/h4-14,17,24-25H,15-16,18H2,1-3H3,(H,30,32). The zero-order valence-electron chi connectivity index (χ0n) is 19.8. The van der Waals surface area contributed by atoms with Crippen LogP contribution in [0.3, 0.4) is 0 Å². The molecule has 6 heteroatoms. The number of fused-ring (bicyclic) bond motifs is 3. The minimum absolute atomic E-state index is 0.0494. The molecule has 4 rings (SSSR count). The molecule has 1 aliphatic rings. The topological polar surface area (TPSA) is 77.5 Å². The molecular formula is C28H30N2O4. The maximum atomic E-state index is 12.8. The first kappa shape index (κ1) is 23.5. The monoisotopic (exact) mass is 458 g/mol. The molecule has 1 aromatic heterocycles. The number of carbonyl (C=O) groups excluding carboxylic acids is 2. The number of pyridine rings is 1. The van der Waals surface area contributed by atoms with Crippen LogP contribution < -0.4 is 5.32 Å². The molecule has 0 aliphatic heterocycles. The normalized spacial score (nSPS) is 13.5. The maximum Gasteiger partial charge on any atom is 0.407 e. The van der Waals surface area contributed by atoms with Gasteiger partial charge in [-0.05, 0) is 68.0 Å². The quantitative estimate of drug-likeness (QED) is 0.489. The van der Waals surface area contributed by atoms with Crippen molar-refractivity contribution < 1.29 is 19.1 Å². The van der Waals surface area contributed by atoms with Gasteiger partial charge < -0.3 is 14.8 Å². The molecule has 0 fully saturated rings. The van der Waals surface area contributed by atoms with Gasteiger partial charge in [0.25, 0.3) is 0 Å². The fourth-order valence-electron chi connectivity index (χ4n) is 4.24. The summed E-state index contributed by atoms with van der Waals surface area (Å²) >= 11 is 0. The van der Waals surface area contributed by atoms with Crippen LogP contribution in [0.2, 0.25) is 0 Å². The number of carbonyl (C=O) groups is 2. The Balaban J connectivity index is 1.43. The van der Waals surface area contributed by atoms with Gasteiger partial charge in [-0.2, -0.15) is 0 Å². The molecule has 34 heavy (non-hydrogen) atoms. The Morgan fingerprint density at radius 2 is 1.56 bits per heavy atom. The van der Waals surface area contributed by atoms with Crippen molar-refractivity contribution in [2.75, 3.05) is 6.61 Å². The van der Waals surface area contributed by atoms with Crippen molar-refractivity contribution in [3.05, 3.63) is 89.7 Å². The van der Waals surface area contributed by atoms with Crippen LogP contribution in [-0.4, -0.2) is 35.3 Å². The molecule has 0 bridgehead atoms. The third kappa shape index (κ3) is 5.63. The van der Waals surface area contributed by atoms with Crippen molar-refractivity contribution in [3.8, 4) is 11.1 Å². The van der Waals surface area contributed by atoms with Crippen LogP contribution in [0.25, 0.3) is 11.1 Å². The van der Waals surface area contributed by atoms with Crippen molar-refractivity contribution in [1.82, 2.24) is 10.3 Å². The molecule has 0 radical (unpaired) electrons. The molecule has 3 aromatic rings. The average molecular weight is 459 g/mol. The molecule has 6 nitrogen and oxygen atoms in total. The SMILES string of the molecule is CC(C)(C)OC(=O)C(CCc1ccccn1)NC(=O)OCC1c2ccccc2-c2ccccc21. The Morgan fingerprint density at radius 1 is 0.941 bits per heavy atom. The predicted molar refractivity (Wildman–Crippen MR) is 130 cm³/mol. The van der Waals surface area contributed by atoms with E-state index in [-0.39, 0.29) is 12.5 Å². The van der Waals surface area contributed by atoms with Gasteiger partial charge >= 0.3 is 12.1 Å². The van der Waals surface area contributed by atoms with Crippen LogP contribution in [0.4, 0.5) is 4.79 Å². The van der Waals surface area contributed by atoms with E-state index in [0.29, 0.717) is 12.8 Å². The minimum Gasteiger partial charge on any atom is -0.458 e. The molecular weight excluding hydrogens is 428 g/mol. The van der Waals surface area contributed by atoms with Crippen molar-refractivity contribution in [2.24, 2.45) is 0 Å². The Hall–Kier alpha value is -3.67. The lowest BCUT2D eigenvalue weighted by molar-refractivity contribution is -0.157. The van der Waals surface area contributed by atoms with E-state index in [1.165, 1.54) is 0 Å². The summed E-state index contributed by atoms with van der Waals surface area (Å²) in [6, 6.07) is 21.1. The number of esters is 1. The predicted octanol–water partition coefficient (Wildman–Crippen LogP) is 5.26. The number of amides is 1. The highest BCUT2D eigenvalue weighted by molar-refractivity contribution is 5.82. The van der Waals surface area contributed by atoms with Gasteiger partial charge in [-0.15, -0.1) is 0 Å². The summed E-state index contributed by atoms with van der Waals surface area (Å²) in [5.41, 5.74) is 4.77. The summed E-state index contributed by atoms with van der Waals surface area (Å²) in [6.45, 7) is 5.58. The zero-order valence-corrected chi connectivity index (χ0v) is 19.8. The van der Waals surface area contributed by atoms with Gasteiger partial charge in [0.05, 0.1) is 0 Å². The number of aromatic nitrogens is 1. The van der Waals surface area contributed by atoms with Crippen LogP contribution in [0.1, 0.15) is 49.9 Å². The number of alkyl carbamates (subject to hydrolysis) is 1. The first-order chi connectivity index (χ1) is 16.3. The van der Waals surface area contributed by atoms with E-state index in [2.05, 4.69) is 34.6 Å². The molecule has 1 heterocycles. The van der Waals surface area contributed by atoms with Crippen LogP contribution >= 0.6 is 0 Å². The zero-order chi connectivity index (χ0) is 24.1. The summed E-state index contributed by atoms with van der Waals surface area (Å²) in [6.07, 6.45) is 1.94. The van der Waals surface area contributed by atoms with Gasteiger partial charge in [-0.25, -0.2) is 9.59 Å². The van der Waals surface area contributed by atoms with Crippen LogP contribution in [0.15, 0.2) is 72.9 Å². The van der Waals surface area contributed by atoms with E-state index in [1.54, 1.807) is 27.0 Å². The summed E-state index contributed by atoms with van der Waals surface area (Å²) < 4.78 is 11.2. The van der Waals surface area contributed by atoms with Crippen molar-refractivity contribution in [1.29, 1.82) is 0 Å². The second-order valence-electron chi connectivity index (χ2n) is 9.42. The fraction of sp³-hybridized carbons (Fsp3) is 0.321. The van der Waals surface area contributed by atoms with Crippen LogP contribution in [0, 0.1) is 0 Å². The Labute approximate surface area is 200 Å². The van der Waals surface area contributed by atoms with E-state index in [9.17, 15) is 9.59 Å². The van der Waals surface area contributed by atoms with E-state index in [1.807, 2.05) is 42.5 Å². The van der Waals surface area contributed by atoms with Crippen LogP contribution in [-0.2, 0) is 20.7 Å². The van der Waals surface area contributed by atoms with Crippen molar-refractivity contribution >= 4 is 12.1 Å². The average Bonchev–Trinajstić information content (AvgIpc) is 3.13. The number of nitrogens with zero attached hydrogens (tertiary/aromatic N) is 1. The first-order valence-electron chi connectivity index (χ1n) is 11.6. The lowest BCUT2D eigenvalue weighted by Gasteiger charge is -2.24. The number of aryl methyl sites for hydroxylation is 1. The van der Waals surface area contributed by atoms with Gasteiger partial charge in [-0.1, -0.05) is 54.6 Å². The van der Waals surface area contributed by atoms with Gasteiger partial charge in [0.15, 0.2) is 0 Å². The highest BCUT2D eigenvalue weighted by Gasteiger charge is 2.31. The summed E-state index contributed by atoms with van der Waals surface area (Å²) in [5, 5.41) is 2.72. The van der Waals surface area contributed by atoms with Gasteiger partial charge in [-0.3, -0.25) is 4.98 Å². The van der Waals surface area contributed by atoms with Crippen molar-refractivity contribution in [3.63, 3.8) is 0 Å². The summed E-state index contributed by atoms with van der Waals surface area (Å²) in [5.74, 6) is -0.538. The molecule has 2 aromatic carbocycles. The number of rotatable bonds is 7. The lowest BCUT2D eigenvalue weighted by atomic mass is 9.98. The van der Waals surface area contributed by atoms with Crippen LogP contribution in [0.5, 0.6) is 0 Å². The van der Waals surface area contributed by atoms with Crippen molar-refractivity contribution in [2.45, 2.75) is 51.2 Å². The minimum atomic E-state index is -0.836. The van der Waals surface area contributed by atoms with E-state index >= 15 is 0 Å². The molecule has 1 aliphatic carbocycles. The lowest BCUT2D eigenvalue weighted by Crippen LogP contribution is -2.45. The van der Waals surface area contributed by atoms with E-state index in [4.69, 9.17) is 9.47 Å². The smallest absolute Gasteiger partial charge is 0.407 e. The second-order valence-corrected chi connectivity index (χ2v) is 9.42. The number of benzene rings is 2. The third-order valence-corrected chi connectivity index (χ3v) is 5.74. The molecule has 1 N–H and O–H groups in total. The molecule has 176 valence electrons. The fourth-order valence-corrected chi connectivity index (χ4v) is 4.24. The molecule has 0 spiro atoms. The van der Waals surface area contributed by atoms with Gasteiger partial charge in [0.2, 0.25) is 0 Å². The largest absolute Gasteiger partial charge is 0.458 e. The Morgan fingerprint density at radius 3 is 2.15 bits per heavy atom. The molecule has 1 amide bonds. The maximum absolute atomic E-state index is 12.8. The molecule has 1 unspecified atom stereocenters. The van der Waals surface area contributed by atoms with E-state index < -0.39 is 23.7 Å². The molecule has 0 saturated heterocycles. The first-order valence-corrected chi connectivity index (χ1v) is 11.6. The highest BCUT2D eigenvalue weighted by atomic mass is 16.6.